The highest BCUT2D eigenvalue weighted by molar-refractivity contribution is 7.99. The predicted molar refractivity (Wildman–Crippen MR) is 82.6 cm³/mol. The summed E-state index contributed by atoms with van der Waals surface area (Å²) in [5.41, 5.74) is -0.212. The van der Waals surface area contributed by atoms with E-state index in [1.165, 1.54) is 0 Å². The number of benzene rings is 1. The predicted octanol–water partition coefficient (Wildman–Crippen LogP) is 3.18. The molecule has 1 aromatic rings. The van der Waals surface area contributed by atoms with Gasteiger partial charge in [0.15, 0.2) is 0 Å². The molecule has 0 spiro atoms. The molecule has 1 atom stereocenters. The van der Waals surface area contributed by atoms with Crippen molar-refractivity contribution in [1.82, 2.24) is 5.32 Å². The molecule has 21 heavy (non-hydrogen) atoms. The second kappa shape index (κ2) is 8.51. The Balaban J connectivity index is 2.62. The Morgan fingerprint density at radius 2 is 2.14 bits per heavy atom. The fourth-order valence-electron chi connectivity index (χ4n) is 1.67. The number of amides is 2. The van der Waals surface area contributed by atoms with Crippen LogP contribution >= 0.6 is 11.8 Å². The van der Waals surface area contributed by atoms with E-state index >= 15 is 0 Å². The molecule has 1 unspecified atom stereocenters. The Bertz CT molecular complexity index is 511. The first-order valence-electron chi connectivity index (χ1n) is 6.62. The number of hydrogen-bond donors (Lipinski definition) is 3. The number of carboxylic acid groups (broad SMARTS) is 1. The van der Waals surface area contributed by atoms with E-state index in [1.54, 1.807) is 11.8 Å². The summed E-state index contributed by atoms with van der Waals surface area (Å²) in [5, 5.41) is 14.1. The quantitative estimate of drug-likeness (QED) is 0.675. The number of thioether (sulfide) groups is 1. The lowest BCUT2D eigenvalue weighted by atomic mass is 10.1. The van der Waals surface area contributed by atoms with E-state index in [9.17, 15) is 14.0 Å². The lowest BCUT2D eigenvalue weighted by Crippen LogP contribution is -2.36. The van der Waals surface area contributed by atoms with Gasteiger partial charge in [-0.15, -0.1) is 0 Å². The third-order valence-corrected chi connectivity index (χ3v) is 3.67. The summed E-state index contributed by atoms with van der Waals surface area (Å²) >= 11 is 1.78. The molecule has 0 fully saturated rings. The molecule has 0 bridgehead atoms. The van der Waals surface area contributed by atoms with Crippen molar-refractivity contribution >= 4 is 29.4 Å². The summed E-state index contributed by atoms with van der Waals surface area (Å²) in [4.78, 5) is 22.8. The summed E-state index contributed by atoms with van der Waals surface area (Å²) in [7, 11) is 0. The number of carbonyl (C=O) groups excluding carboxylic acids is 1. The van der Waals surface area contributed by atoms with E-state index in [1.807, 2.05) is 6.92 Å². The fraction of sp³-hybridized carbons (Fsp3) is 0.429. The SMILES string of the molecule is CCSCCC(C)NC(=O)Nc1cc(F)ccc1C(=O)O. The van der Waals surface area contributed by atoms with E-state index in [0.29, 0.717) is 0 Å². The van der Waals surface area contributed by atoms with Crippen LogP contribution in [0.1, 0.15) is 30.6 Å². The van der Waals surface area contributed by atoms with Crippen molar-refractivity contribution in [3.05, 3.63) is 29.6 Å². The molecule has 7 heteroatoms. The zero-order valence-electron chi connectivity index (χ0n) is 12.0. The lowest BCUT2D eigenvalue weighted by Gasteiger charge is -2.15. The minimum Gasteiger partial charge on any atom is -0.478 e. The molecule has 1 rings (SSSR count). The van der Waals surface area contributed by atoms with Gasteiger partial charge in [-0.05, 0) is 43.0 Å². The lowest BCUT2D eigenvalue weighted by molar-refractivity contribution is 0.0698. The standard InChI is InChI=1S/C14H19FN2O3S/c1-3-21-7-6-9(2)16-14(20)17-12-8-10(15)4-5-11(12)13(18)19/h4-5,8-9H,3,6-7H2,1-2H3,(H,18,19)(H2,16,17,20). The highest BCUT2D eigenvalue weighted by Crippen LogP contribution is 2.17. The number of nitrogens with one attached hydrogen (secondary N) is 2. The van der Waals surface area contributed by atoms with Crippen LogP contribution in [0.3, 0.4) is 0 Å². The Hall–Kier alpha value is -1.76. The van der Waals surface area contributed by atoms with Crippen molar-refractivity contribution in [2.75, 3.05) is 16.8 Å². The maximum Gasteiger partial charge on any atom is 0.337 e. The van der Waals surface area contributed by atoms with Gasteiger partial charge in [-0.1, -0.05) is 6.92 Å². The minimum absolute atomic E-state index is 0.0501. The van der Waals surface area contributed by atoms with E-state index in [-0.39, 0.29) is 17.3 Å². The van der Waals surface area contributed by atoms with Gasteiger partial charge in [-0.2, -0.15) is 11.8 Å². The third kappa shape index (κ3) is 6.03. The van der Waals surface area contributed by atoms with Crippen molar-refractivity contribution in [2.45, 2.75) is 26.3 Å². The van der Waals surface area contributed by atoms with Crippen molar-refractivity contribution in [3.8, 4) is 0 Å². The highest BCUT2D eigenvalue weighted by Gasteiger charge is 2.14. The molecule has 3 N–H and O–H groups in total. The van der Waals surface area contributed by atoms with Crippen LogP contribution in [0.2, 0.25) is 0 Å². The fourth-order valence-corrected chi connectivity index (χ4v) is 2.47. The molecular weight excluding hydrogens is 295 g/mol. The van der Waals surface area contributed by atoms with Crippen LogP contribution in [-0.2, 0) is 0 Å². The summed E-state index contributed by atoms with van der Waals surface area (Å²) in [6.07, 6.45) is 0.806. The number of anilines is 1. The van der Waals surface area contributed by atoms with Gasteiger partial charge in [0.05, 0.1) is 11.3 Å². The molecular formula is C14H19FN2O3S. The number of carboxylic acids is 1. The normalized spacial score (nSPS) is 11.8. The first-order chi connectivity index (χ1) is 9.93. The largest absolute Gasteiger partial charge is 0.478 e. The van der Waals surface area contributed by atoms with E-state index in [0.717, 1.165) is 36.1 Å². The Labute approximate surface area is 127 Å². The van der Waals surface area contributed by atoms with Gasteiger partial charge in [-0.3, -0.25) is 0 Å². The second-order valence-electron chi connectivity index (χ2n) is 4.48. The van der Waals surface area contributed by atoms with Gasteiger partial charge in [0.25, 0.3) is 0 Å². The molecule has 0 saturated heterocycles. The van der Waals surface area contributed by atoms with Crippen LogP contribution in [-0.4, -0.2) is 34.7 Å². The van der Waals surface area contributed by atoms with Crippen molar-refractivity contribution in [3.63, 3.8) is 0 Å². The van der Waals surface area contributed by atoms with Gasteiger partial charge in [0, 0.05) is 6.04 Å². The first-order valence-corrected chi connectivity index (χ1v) is 7.77. The smallest absolute Gasteiger partial charge is 0.337 e. The van der Waals surface area contributed by atoms with Gasteiger partial charge < -0.3 is 15.7 Å². The van der Waals surface area contributed by atoms with Crippen LogP contribution in [0.15, 0.2) is 18.2 Å². The Morgan fingerprint density at radius 1 is 1.43 bits per heavy atom. The van der Waals surface area contributed by atoms with Gasteiger partial charge in [0.2, 0.25) is 0 Å². The summed E-state index contributed by atoms with van der Waals surface area (Å²) in [6.45, 7) is 3.92. The number of halogens is 1. The first kappa shape index (κ1) is 17.3. The Kier molecular flexibility index (Phi) is 7.01. The molecule has 0 heterocycles. The topological polar surface area (TPSA) is 78.4 Å². The van der Waals surface area contributed by atoms with E-state index < -0.39 is 17.8 Å². The number of urea groups is 1. The van der Waals surface area contributed by atoms with Crippen LogP contribution in [0.25, 0.3) is 0 Å². The molecule has 0 aromatic heterocycles. The van der Waals surface area contributed by atoms with Crippen molar-refractivity contribution in [2.24, 2.45) is 0 Å². The molecule has 2 amide bonds. The molecule has 0 aliphatic carbocycles. The van der Waals surface area contributed by atoms with Crippen LogP contribution in [0, 0.1) is 5.82 Å². The molecule has 116 valence electrons. The third-order valence-electron chi connectivity index (χ3n) is 2.74. The zero-order chi connectivity index (χ0) is 15.8. The van der Waals surface area contributed by atoms with E-state index in [4.69, 9.17) is 5.11 Å². The summed E-state index contributed by atoms with van der Waals surface area (Å²) in [5.74, 6) is 0.114. The number of aromatic carboxylic acids is 1. The molecule has 1 aromatic carbocycles. The average molecular weight is 314 g/mol. The van der Waals surface area contributed by atoms with E-state index in [2.05, 4.69) is 17.6 Å². The Morgan fingerprint density at radius 3 is 2.76 bits per heavy atom. The zero-order valence-corrected chi connectivity index (χ0v) is 12.8. The van der Waals surface area contributed by atoms with Crippen LogP contribution < -0.4 is 10.6 Å². The maximum absolute atomic E-state index is 13.2. The molecule has 0 aliphatic rings. The van der Waals surface area contributed by atoms with Crippen molar-refractivity contribution in [1.29, 1.82) is 0 Å². The molecule has 0 saturated carbocycles. The van der Waals surface area contributed by atoms with Gasteiger partial charge in [0.1, 0.15) is 5.82 Å². The highest BCUT2D eigenvalue weighted by atomic mass is 32.2. The maximum atomic E-state index is 13.2. The molecule has 0 aliphatic heterocycles. The van der Waals surface area contributed by atoms with Crippen LogP contribution in [0.5, 0.6) is 0 Å². The molecule has 0 radical (unpaired) electrons. The van der Waals surface area contributed by atoms with Gasteiger partial charge >= 0.3 is 12.0 Å². The molecule has 5 nitrogen and oxygen atoms in total. The number of rotatable bonds is 7. The van der Waals surface area contributed by atoms with Gasteiger partial charge in [-0.25, -0.2) is 14.0 Å². The summed E-state index contributed by atoms with van der Waals surface area (Å²) < 4.78 is 13.2. The minimum atomic E-state index is -1.22. The number of hydrogen-bond acceptors (Lipinski definition) is 3. The number of carbonyl (C=O) groups is 2. The average Bonchev–Trinajstić information content (AvgIpc) is 2.38. The monoisotopic (exact) mass is 314 g/mol. The summed E-state index contributed by atoms with van der Waals surface area (Å²) in [6, 6.07) is 2.55. The van der Waals surface area contributed by atoms with Crippen LogP contribution in [0.4, 0.5) is 14.9 Å². The van der Waals surface area contributed by atoms with Crippen molar-refractivity contribution < 1.29 is 19.1 Å². The second-order valence-corrected chi connectivity index (χ2v) is 5.87.